The van der Waals surface area contributed by atoms with Gasteiger partial charge in [0.2, 0.25) is 5.91 Å². The molecule has 4 aliphatic rings. The molecule has 4 heterocycles. The summed E-state index contributed by atoms with van der Waals surface area (Å²) in [6.07, 6.45) is 3.35. The lowest BCUT2D eigenvalue weighted by Crippen LogP contribution is -2.70. The van der Waals surface area contributed by atoms with Crippen LogP contribution in [0.5, 0.6) is 5.88 Å². The number of amides is 1. The van der Waals surface area contributed by atoms with Crippen LogP contribution in [-0.2, 0) is 16.1 Å². The summed E-state index contributed by atoms with van der Waals surface area (Å²) in [4.78, 5) is 35.4. The van der Waals surface area contributed by atoms with Crippen molar-refractivity contribution in [1.29, 1.82) is 0 Å². The highest BCUT2D eigenvalue weighted by Gasteiger charge is 2.72. The Morgan fingerprint density at radius 2 is 1.93 bits per heavy atom. The molecule has 8 rings (SSSR count). The molecule has 4 saturated carbocycles. The lowest BCUT2D eigenvalue weighted by molar-refractivity contribution is -0.214. The van der Waals surface area contributed by atoms with Crippen molar-refractivity contribution in [3.8, 4) is 17.3 Å². The topological polar surface area (TPSA) is 99.7 Å². The summed E-state index contributed by atoms with van der Waals surface area (Å²) in [5.41, 5.74) is 3.56. The number of hydrogen-bond donors (Lipinski definition) is 1. The first kappa shape index (κ1) is 26.0. The number of nitrogens with one attached hydrogen (secondary N) is 1. The Kier molecular flexibility index (Phi) is 5.72. The Bertz CT molecular complexity index is 1720. The van der Waals surface area contributed by atoms with E-state index in [4.69, 9.17) is 19.4 Å². The highest BCUT2D eigenvalue weighted by molar-refractivity contribution is 5.92. The average Bonchev–Trinajstić information content (AvgIpc) is 3.59. The van der Waals surface area contributed by atoms with Crippen LogP contribution in [0.3, 0.4) is 0 Å². The Balaban J connectivity index is 1.27. The highest BCUT2D eigenvalue weighted by atomic mass is 19.1. The van der Waals surface area contributed by atoms with Crippen LogP contribution in [0.1, 0.15) is 73.7 Å². The number of rotatable bonds is 9. The van der Waals surface area contributed by atoms with E-state index in [0.29, 0.717) is 42.3 Å². The molecule has 0 radical (unpaired) electrons. The van der Waals surface area contributed by atoms with Crippen LogP contribution >= 0.6 is 0 Å². The second kappa shape index (κ2) is 9.03. The summed E-state index contributed by atoms with van der Waals surface area (Å²) >= 11 is 0. The number of hydrogen-bond acceptors (Lipinski definition) is 6. The first-order valence-corrected chi connectivity index (χ1v) is 14.4. The van der Waals surface area contributed by atoms with E-state index < -0.39 is 17.1 Å². The van der Waals surface area contributed by atoms with Gasteiger partial charge in [0.05, 0.1) is 47.8 Å². The Morgan fingerprint density at radius 1 is 1.17 bits per heavy atom. The molecule has 41 heavy (non-hydrogen) atoms. The standard InChI is InChI=1S/C31H34FN5O4/c1-5-41-28(38)21-11-24-35-26(18(3)37(24)25(12-21)40-4)23-10-20-8-9-22(34-27(20)36(23)13-19-6-7-19)17(2)33-29(39)30-14-31(32,15-30)16-30/h8-12,17,19H,5-7,13-16H2,1-4H3,(H,33,39)/t17-,30?,31?/m1/s1. The third-order valence-electron chi connectivity index (χ3n) is 9.02. The molecule has 4 aromatic heterocycles. The Labute approximate surface area is 237 Å². The summed E-state index contributed by atoms with van der Waals surface area (Å²) in [6, 6.07) is 9.19. The molecule has 9 nitrogen and oxygen atoms in total. The maximum atomic E-state index is 14.0. The fraction of sp³-hybridized carbons (Fsp3) is 0.484. The van der Waals surface area contributed by atoms with E-state index in [0.717, 1.165) is 40.4 Å². The molecule has 1 amide bonds. The molecule has 4 fully saturated rings. The van der Waals surface area contributed by atoms with Gasteiger partial charge in [-0.05, 0) is 83.1 Å². The van der Waals surface area contributed by atoms with Crippen molar-refractivity contribution in [2.24, 2.45) is 11.3 Å². The van der Waals surface area contributed by atoms with Gasteiger partial charge in [0, 0.05) is 18.0 Å². The van der Waals surface area contributed by atoms with E-state index in [1.165, 1.54) is 12.8 Å². The van der Waals surface area contributed by atoms with Gasteiger partial charge in [0.15, 0.2) is 5.88 Å². The van der Waals surface area contributed by atoms with Crippen LogP contribution in [0.15, 0.2) is 30.3 Å². The molecule has 1 atom stereocenters. The molecule has 10 heteroatoms. The number of pyridine rings is 2. The minimum Gasteiger partial charge on any atom is -0.482 e. The number of aryl methyl sites for hydroxylation is 1. The monoisotopic (exact) mass is 559 g/mol. The molecule has 2 bridgehead atoms. The number of halogens is 1. The average molecular weight is 560 g/mol. The maximum absolute atomic E-state index is 14.0. The summed E-state index contributed by atoms with van der Waals surface area (Å²) in [5.74, 6) is 0.581. The number of esters is 1. The number of imidazole rings is 1. The predicted octanol–water partition coefficient (Wildman–Crippen LogP) is 5.32. The van der Waals surface area contributed by atoms with E-state index in [1.807, 2.05) is 30.4 Å². The number of methoxy groups -OCH3 is 1. The molecule has 0 aliphatic heterocycles. The van der Waals surface area contributed by atoms with Gasteiger partial charge in [-0.1, -0.05) is 0 Å². The van der Waals surface area contributed by atoms with Crippen molar-refractivity contribution in [2.75, 3.05) is 13.7 Å². The lowest BCUT2D eigenvalue weighted by Gasteiger charge is -2.64. The largest absolute Gasteiger partial charge is 0.482 e. The summed E-state index contributed by atoms with van der Waals surface area (Å²) in [6.45, 7) is 6.79. The van der Waals surface area contributed by atoms with Crippen LogP contribution in [-0.4, -0.2) is 50.2 Å². The molecular formula is C31H34FN5O4. The molecule has 4 aliphatic carbocycles. The van der Waals surface area contributed by atoms with Gasteiger partial charge >= 0.3 is 5.97 Å². The second-order valence-corrected chi connectivity index (χ2v) is 12.1. The Hall–Kier alpha value is -3.95. The molecule has 0 unspecified atom stereocenters. The number of carbonyl (C=O) groups excluding carboxylic acids is 2. The van der Waals surface area contributed by atoms with Crippen molar-refractivity contribution in [1.82, 2.24) is 24.3 Å². The number of carbonyl (C=O) groups is 2. The fourth-order valence-electron chi connectivity index (χ4n) is 6.65. The van der Waals surface area contributed by atoms with Gasteiger partial charge in [-0.25, -0.2) is 19.2 Å². The zero-order chi connectivity index (χ0) is 28.7. The van der Waals surface area contributed by atoms with Crippen LogP contribution in [0.4, 0.5) is 4.39 Å². The molecule has 0 saturated heterocycles. The minimum absolute atomic E-state index is 0.0723. The normalized spacial score (nSPS) is 23.6. The molecule has 0 aromatic carbocycles. The first-order chi connectivity index (χ1) is 19.6. The SMILES string of the molecule is CCOC(=O)c1cc(OC)n2c(C)c(-c3cc4ccc([C@@H](C)NC(=O)C56CC(F)(C5)C6)nc4n3CC3CC3)nc2c1. The molecular weight excluding hydrogens is 525 g/mol. The quantitative estimate of drug-likeness (QED) is 0.279. The van der Waals surface area contributed by atoms with E-state index >= 15 is 0 Å². The zero-order valence-electron chi connectivity index (χ0n) is 23.8. The number of alkyl halides is 1. The summed E-state index contributed by atoms with van der Waals surface area (Å²) < 4.78 is 29.0. The number of nitrogens with zero attached hydrogens (tertiary/aromatic N) is 4. The van der Waals surface area contributed by atoms with Crippen LogP contribution in [0.25, 0.3) is 28.1 Å². The lowest BCUT2D eigenvalue weighted by atomic mass is 9.42. The third-order valence-corrected chi connectivity index (χ3v) is 9.02. The van der Waals surface area contributed by atoms with Gasteiger partial charge in [-0.15, -0.1) is 0 Å². The van der Waals surface area contributed by atoms with Crippen LogP contribution in [0.2, 0.25) is 0 Å². The van der Waals surface area contributed by atoms with Crippen molar-refractivity contribution < 1.29 is 23.5 Å². The van der Waals surface area contributed by atoms with Crippen molar-refractivity contribution in [3.05, 3.63) is 47.3 Å². The Morgan fingerprint density at radius 3 is 2.59 bits per heavy atom. The smallest absolute Gasteiger partial charge is 0.338 e. The fourth-order valence-corrected chi connectivity index (χ4v) is 6.65. The van der Waals surface area contributed by atoms with Gasteiger partial charge in [0.1, 0.15) is 22.7 Å². The van der Waals surface area contributed by atoms with Crippen molar-refractivity contribution in [3.63, 3.8) is 0 Å². The summed E-state index contributed by atoms with van der Waals surface area (Å²) in [7, 11) is 1.57. The maximum Gasteiger partial charge on any atom is 0.338 e. The van der Waals surface area contributed by atoms with E-state index in [1.54, 1.807) is 26.2 Å². The molecule has 4 aromatic rings. The van der Waals surface area contributed by atoms with Crippen LogP contribution in [0, 0.1) is 18.3 Å². The first-order valence-electron chi connectivity index (χ1n) is 14.4. The van der Waals surface area contributed by atoms with E-state index in [2.05, 4.69) is 16.0 Å². The van der Waals surface area contributed by atoms with E-state index in [9.17, 15) is 14.0 Å². The van der Waals surface area contributed by atoms with E-state index in [-0.39, 0.29) is 18.6 Å². The van der Waals surface area contributed by atoms with Gasteiger partial charge in [0.25, 0.3) is 0 Å². The van der Waals surface area contributed by atoms with Crippen molar-refractivity contribution >= 4 is 28.6 Å². The minimum atomic E-state index is -1.11. The molecule has 0 spiro atoms. The zero-order valence-corrected chi connectivity index (χ0v) is 23.8. The number of ether oxygens (including phenoxy) is 2. The number of aromatic nitrogens is 4. The predicted molar refractivity (Wildman–Crippen MR) is 151 cm³/mol. The second-order valence-electron chi connectivity index (χ2n) is 12.1. The molecule has 214 valence electrons. The van der Waals surface area contributed by atoms with Gasteiger partial charge < -0.3 is 19.4 Å². The third kappa shape index (κ3) is 4.09. The summed E-state index contributed by atoms with van der Waals surface area (Å²) in [5, 5.41) is 4.07. The van der Waals surface area contributed by atoms with Crippen LogP contribution < -0.4 is 10.1 Å². The van der Waals surface area contributed by atoms with Gasteiger partial charge in [-0.3, -0.25) is 9.20 Å². The van der Waals surface area contributed by atoms with Gasteiger partial charge in [-0.2, -0.15) is 0 Å². The van der Waals surface area contributed by atoms with Crippen molar-refractivity contribution in [2.45, 2.75) is 71.1 Å². The molecule has 1 N–H and O–H groups in total. The highest BCUT2D eigenvalue weighted by Crippen LogP contribution is 2.69. The number of fused-ring (bicyclic) bond motifs is 2.